The number of hydrogen-bond donors (Lipinski definition) is 1. The van der Waals surface area contributed by atoms with Gasteiger partial charge in [-0.1, -0.05) is 34.8 Å². The molecule has 1 saturated carbocycles. The summed E-state index contributed by atoms with van der Waals surface area (Å²) in [7, 11) is -9.86. The minimum Gasteiger partial charge on any atom is -0.223 e. The molecule has 2 aromatic rings. The van der Waals surface area contributed by atoms with Crippen LogP contribution in [0.25, 0.3) is 0 Å². The highest BCUT2D eigenvalue weighted by molar-refractivity contribution is 7.92. The monoisotopic (exact) mass is 521 g/mol. The summed E-state index contributed by atoms with van der Waals surface area (Å²) in [5, 5.41) is 0.488. The predicted molar refractivity (Wildman–Crippen MR) is 108 cm³/mol. The third kappa shape index (κ3) is 4.05. The van der Waals surface area contributed by atoms with Gasteiger partial charge in [-0.3, -0.25) is 0 Å². The Morgan fingerprint density at radius 3 is 1.97 bits per heavy atom. The lowest BCUT2D eigenvalue weighted by Gasteiger charge is -2.47. The van der Waals surface area contributed by atoms with Gasteiger partial charge < -0.3 is 0 Å². The zero-order valence-electron chi connectivity index (χ0n) is 14.8. The third-order valence-corrected chi connectivity index (χ3v) is 9.38. The van der Waals surface area contributed by atoms with Crippen molar-refractivity contribution >= 4 is 54.7 Å². The van der Waals surface area contributed by atoms with E-state index < -0.39 is 49.0 Å². The van der Waals surface area contributed by atoms with Gasteiger partial charge in [-0.15, -0.1) is 0 Å². The molecule has 2 aromatic carbocycles. The molecule has 0 unspecified atom stereocenters. The highest BCUT2D eigenvalue weighted by Crippen LogP contribution is 2.53. The molecule has 30 heavy (non-hydrogen) atoms. The molecular formula is C17H13Cl3F3NO4S2. The van der Waals surface area contributed by atoms with Gasteiger partial charge in [-0.05, 0) is 60.9 Å². The van der Waals surface area contributed by atoms with Crippen LogP contribution in [0.2, 0.25) is 15.1 Å². The van der Waals surface area contributed by atoms with Gasteiger partial charge in [0.25, 0.3) is 0 Å². The summed E-state index contributed by atoms with van der Waals surface area (Å²) in [5.41, 5.74) is -5.44. The smallest absolute Gasteiger partial charge is 0.223 e. The van der Waals surface area contributed by atoms with Crippen molar-refractivity contribution in [3.05, 3.63) is 63.1 Å². The van der Waals surface area contributed by atoms with E-state index in [0.29, 0.717) is 0 Å². The van der Waals surface area contributed by atoms with Crippen molar-refractivity contribution in [3.63, 3.8) is 0 Å². The van der Waals surface area contributed by atoms with Gasteiger partial charge in [0.2, 0.25) is 0 Å². The predicted octanol–water partition coefficient (Wildman–Crippen LogP) is 4.92. The second-order valence-corrected chi connectivity index (χ2v) is 12.0. The third-order valence-electron chi connectivity index (χ3n) is 4.84. The summed E-state index contributed by atoms with van der Waals surface area (Å²) in [6.45, 7) is 0. The standard InChI is InChI=1S/C17H13Cl3F3NO4S2/c18-10-1-4-13(5-2-10)29(25,26)16(14-7-11(19)3-6-15(14)20)8-12(9-16)24-30(27,28)17(21,22)23/h1-7,12,24H,8-9H2/t12-,16-. The second kappa shape index (κ2) is 7.83. The van der Waals surface area contributed by atoms with Gasteiger partial charge in [-0.2, -0.15) is 13.2 Å². The van der Waals surface area contributed by atoms with Crippen LogP contribution >= 0.6 is 34.8 Å². The molecule has 1 aliphatic rings. The number of sulfone groups is 1. The normalized spacial score (nSPS) is 22.5. The van der Waals surface area contributed by atoms with E-state index in [1.54, 1.807) is 0 Å². The zero-order chi connectivity index (χ0) is 22.5. The van der Waals surface area contributed by atoms with Crippen LogP contribution in [0.3, 0.4) is 0 Å². The van der Waals surface area contributed by atoms with Gasteiger partial charge >= 0.3 is 15.5 Å². The quantitative estimate of drug-likeness (QED) is 0.605. The first-order valence-electron chi connectivity index (χ1n) is 8.24. The van der Waals surface area contributed by atoms with E-state index in [2.05, 4.69) is 0 Å². The Balaban J connectivity index is 2.07. The molecular weight excluding hydrogens is 510 g/mol. The van der Waals surface area contributed by atoms with Crippen LogP contribution in [-0.2, 0) is 24.6 Å². The second-order valence-electron chi connectivity index (χ2n) is 6.75. The Morgan fingerprint density at radius 1 is 0.900 bits per heavy atom. The minimum absolute atomic E-state index is 0.0362. The average molecular weight is 523 g/mol. The number of sulfonamides is 1. The number of rotatable bonds is 5. The summed E-state index contributed by atoms with van der Waals surface area (Å²) >= 11 is 18.0. The lowest BCUT2D eigenvalue weighted by Crippen LogP contribution is -2.58. The molecule has 3 rings (SSSR count). The summed E-state index contributed by atoms with van der Waals surface area (Å²) < 4.78 is 87.7. The van der Waals surface area contributed by atoms with E-state index in [0.717, 1.165) is 0 Å². The number of hydrogen-bond acceptors (Lipinski definition) is 4. The van der Waals surface area contributed by atoms with Crippen molar-refractivity contribution in [3.8, 4) is 0 Å². The molecule has 0 aliphatic heterocycles. The summed E-state index contributed by atoms with van der Waals surface area (Å²) in [6, 6.07) is 8.05. The zero-order valence-corrected chi connectivity index (χ0v) is 18.7. The Labute approximate surface area is 186 Å². The Hall–Kier alpha value is -1.04. The van der Waals surface area contributed by atoms with Crippen molar-refractivity contribution in [2.24, 2.45) is 0 Å². The summed E-state index contributed by atoms with van der Waals surface area (Å²) in [5.74, 6) is 0. The summed E-state index contributed by atoms with van der Waals surface area (Å²) in [6.07, 6.45) is -0.930. The van der Waals surface area contributed by atoms with Crippen molar-refractivity contribution in [2.45, 2.75) is 34.0 Å². The first kappa shape index (κ1) is 23.6. The number of nitrogens with one attached hydrogen (secondary N) is 1. The van der Waals surface area contributed by atoms with Crippen LogP contribution in [0.5, 0.6) is 0 Å². The molecule has 0 atom stereocenters. The molecule has 5 nitrogen and oxygen atoms in total. The van der Waals surface area contributed by atoms with Crippen LogP contribution in [0.1, 0.15) is 18.4 Å². The van der Waals surface area contributed by atoms with Crippen molar-refractivity contribution in [1.29, 1.82) is 0 Å². The Morgan fingerprint density at radius 2 is 1.43 bits per heavy atom. The van der Waals surface area contributed by atoms with E-state index in [-0.39, 0.29) is 25.5 Å². The molecule has 1 N–H and O–H groups in total. The van der Waals surface area contributed by atoms with E-state index >= 15 is 0 Å². The van der Waals surface area contributed by atoms with Gasteiger partial charge in [0.05, 0.1) is 4.90 Å². The average Bonchev–Trinajstić information content (AvgIpc) is 2.59. The van der Waals surface area contributed by atoms with Crippen LogP contribution in [-0.4, -0.2) is 28.4 Å². The van der Waals surface area contributed by atoms with Crippen LogP contribution in [0, 0.1) is 0 Å². The fourth-order valence-corrected chi connectivity index (χ4v) is 7.01. The topological polar surface area (TPSA) is 80.3 Å². The number of benzene rings is 2. The lowest BCUT2D eigenvalue weighted by atomic mass is 9.75. The molecule has 0 bridgehead atoms. The van der Waals surface area contributed by atoms with Crippen molar-refractivity contribution in [1.82, 2.24) is 4.72 Å². The maximum atomic E-state index is 13.5. The molecule has 0 spiro atoms. The largest absolute Gasteiger partial charge is 0.511 e. The first-order valence-corrected chi connectivity index (χ1v) is 12.3. The molecule has 0 amide bonds. The molecule has 1 aliphatic carbocycles. The minimum atomic E-state index is -5.65. The maximum Gasteiger partial charge on any atom is 0.511 e. The number of halogens is 6. The Bertz CT molecular complexity index is 1180. The van der Waals surface area contributed by atoms with Crippen LogP contribution in [0.15, 0.2) is 47.4 Å². The maximum absolute atomic E-state index is 13.5. The molecule has 0 aromatic heterocycles. The molecule has 164 valence electrons. The van der Waals surface area contributed by atoms with Crippen molar-refractivity contribution in [2.75, 3.05) is 0 Å². The van der Waals surface area contributed by atoms with E-state index in [4.69, 9.17) is 34.8 Å². The van der Waals surface area contributed by atoms with Gasteiger partial charge in [0.15, 0.2) is 9.84 Å². The Kier molecular flexibility index (Phi) is 6.16. The van der Waals surface area contributed by atoms with Gasteiger partial charge in [0, 0.05) is 21.1 Å². The first-order chi connectivity index (χ1) is 13.7. The fraction of sp³-hybridized carbons (Fsp3) is 0.294. The molecule has 0 saturated heterocycles. The SMILES string of the molecule is O=S(=O)(N[C@H]1C[C@](c2cc(Cl)ccc2Cl)(S(=O)(=O)c2ccc(Cl)cc2)C1)C(F)(F)F. The van der Waals surface area contributed by atoms with Gasteiger partial charge in [-0.25, -0.2) is 21.6 Å². The molecule has 13 heteroatoms. The van der Waals surface area contributed by atoms with E-state index in [1.807, 2.05) is 0 Å². The van der Waals surface area contributed by atoms with Crippen LogP contribution in [0.4, 0.5) is 13.2 Å². The molecule has 0 radical (unpaired) electrons. The highest BCUT2D eigenvalue weighted by Gasteiger charge is 2.59. The molecule has 0 heterocycles. The summed E-state index contributed by atoms with van der Waals surface area (Å²) in [4.78, 5) is -0.139. The van der Waals surface area contributed by atoms with Gasteiger partial charge in [0.1, 0.15) is 4.75 Å². The fourth-order valence-electron chi connectivity index (χ4n) is 3.38. The highest BCUT2D eigenvalue weighted by atomic mass is 35.5. The van der Waals surface area contributed by atoms with E-state index in [1.165, 1.54) is 47.2 Å². The molecule has 1 fully saturated rings. The lowest BCUT2D eigenvalue weighted by molar-refractivity contribution is -0.0455. The van der Waals surface area contributed by atoms with E-state index in [9.17, 15) is 30.0 Å². The number of alkyl halides is 3. The van der Waals surface area contributed by atoms with Crippen LogP contribution < -0.4 is 4.72 Å². The van der Waals surface area contributed by atoms with Crippen molar-refractivity contribution < 1.29 is 30.0 Å².